The lowest BCUT2D eigenvalue weighted by molar-refractivity contribution is 0.0496. The van der Waals surface area contributed by atoms with Crippen molar-refractivity contribution >= 4 is 11.3 Å². The number of hydrogen-bond acceptors (Lipinski definition) is 4. The van der Waals surface area contributed by atoms with Crippen LogP contribution in [0.1, 0.15) is 29.5 Å². The van der Waals surface area contributed by atoms with Crippen molar-refractivity contribution in [1.82, 2.24) is 15.5 Å². The van der Waals surface area contributed by atoms with Gasteiger partial charge in [0.05, 0.1) is 16.8 Å². The molecule has 5 heteroatoms. The molecule has 4 rings (SSSR count). The van der Waals surface area contributed by atoms with Gasteiger partial charge in [0.1, 0.15) is 0 Å². The van der Waals surface area contributed by atoms with Crippen LogP contribution in [0.15, 0.2) is 48.0 Å². The first kappa shape index (κ1) is 17.5. The molecule has 0 atom stereocenters. The Morgan fingerprint density at radius 3 is 2.81 bits per heavy atom. The SMILES string of the molecule is Cc1ccccc1C1(CNCc2cn[nH]c2-c2cccs2)CCOCC1. The predicted molar refractivity (Wildman–Crippen MR) is 107 cm³/mol. The first-order valence-corrected chi connectivity index (χ1v) is 10.1. The van der Waals surface area contributed by atoms with Crippen LogP contribution in [-0.4, -0.2) is 30.0 Å². The molecule has 0 saturated carbocycles. The molecular formula is C21H25N3OS. The smallest absolute Gasteiger partial charge is 0.0794 e. The second kappa shape index (κ2) is 7.74. The molecule has 1 fully saturated rings. The first-order valence-electron chi connectivity index (χ1n) is 9.19. The summed E-state index contributed by atoms with van der Waals surface area (Å²) in [4.78, 5) is 1.24. The molecule has 3 aromatic rings. The average molecular weight is 368 g/mol. The molecule has 2 N–H and O–H groups in total. The Bertz CT molecular complexity index is 835. The molecule has 0 amide bonds. The number of aromatic amines is 1. The number of rotatable bonds is 6. The van der Waals surface area contributed by atoms with Crippen LogP contribution >= 0.6 is 11.3 Å². The van der Waals surface area contributed by atoms with Crippen molar-refractivity contribution in [3.63, 3.8) is 0 Å². The van der Waals surface area contributed by atoms with Gasteiger partial charge in [-0.1, -0.05) is 30.3 Å². The highest BCUT2D eigenvalue weighted by Gasteiger charge is 2.35. The van der Waals surface area contributed by atoms with Crippen LogP contribution in [0.25, 0.3) is 10.6 Å². The van der Waals surface area contributed by atoms with E-state index in [1.165, 1.54) is 21.6 Å². The Morgan fingerprint density at radius 2 is 2.04 bits per heavy atom. The highest BCUT2D eigenvalue weighted by atomic mass is 32.1. The van der Waals surface area contributed by atoms with E-state index < -0.39 is 0 Å². The molecule has 3 heterocycles. The summed E-state index contributed by atoms with van der Waals surface area (Å²) in [6.07, 6.45) is 4.06. The summed E-state index contributed by atoms with van der Waals surface area (Å²) < 4.78 is 5.66. The maximum atomic E-state index is 5.66. The van der Waals surface area contributed by atoms with Gasteiger partial charge in [0, 0.05) is 37.3 Å². The van der Waals surface area contributed by atoms with Crippen molar-refractivity contribution in [3.8, 4) is 10.6 Å². The first-order chi connectivity index (χ1) is 12.8. The van der Waals surface area contributed by atoms with Crippen LogP contribution in [0.2, 0.25) is 0 Å². The van der Waals surface area contributed by atoms with Crippen molar-refractivity contribution < 1.29 is 4.74 Å². The maximum absolute atomic E-state index is 5.66. The second-order valence-corrected chi connectivity index (χ2v) is 8.01. The predicted octanol–water partition coefficient (Wildman–Crippen LogP) is 4.28. The molecule has 136 valence electrons. The number of nitrogens with zero attached hydrogens (tertiary/aromatic N) is 1. The third-order valence-electron chi connectivity index (χ3n) is 5.43. The summed E-state index contributed by atoms with van der Waals surface area (Å²) in [5.41, 5.74) is 5.33. The molecular weight excluding hydrogens is 342 g/mol. The lowest BCUT2D eigenvalue weighted by Gasteiger charge is -2.39. The third-order valence-corrected chi connectivity index (χ3v) is 6.32. The Labute approximate surface area is 158 Å². The van der Waals surface area contributed by atoms with E-state index in [1.807, 2.05) is 6.20 Å². The minimum absolute atomic E-state index is 0.149. The van der Waals surface area contributed by atoms with E-state index >= 15 is 0 Å². The zero-order chi connectivity index (χ0) is 17.8. The van der Waals surface area contributed by atoms with Crippen LogP contribution in [0, 0.1) is 6.92 Å². The summed E-state index contributed by atoms with van der Waals surface area (Å²) >= 11 is 1.74. The molecule has 1 aromatic carbocycles. The summed E-state index contributed by atoms with van der Waals surface area (Å²) in [5.74, 6) is 0. The van der Waals surface area contributed by atoms with Crippen LogP contribution < -0.4 is 5.32 Å². The molecule has 0 spiro atoms. The van der Waals surface area contributed by atoms with Crippen LogP contribution in [-0.2, 0) is 16.7 Å². The van der Waals surface area contributed by atoms with E-state index in [2.05, 4.69) is 64.2 Å². The molecule has 0 bridgehead atoms. The van der Waals surface area contributed by atoms with Crippen LogP contribution in [0.4, 0.5) is 0 Å². The Morgan fingerprint density at radius 1 is 1.19 bits per heavy atom. The van der Waals surface area contributed by atoms with Gasteiger partial charge in [0.15, 0.2) is 0 Å². The summed E-state index contributed by atoms with van der Waals surface area (Å²) in [5, 5.41) is 13.2. The highest BCUT2D eigenvalue weighted by molar-refractivity contribution is 7.13. The normalized spacial score (nSPS) is 16.7. The van der Waals surface area contributed by atoms with Gasteiger partial charge in [0.25, 0.3) is 0 Å². The lowest BCUT2D eigenvalue weighted by Crippen LogP contribution is -2.43. The fraction of sp³-hybridized carbons (Fsp3) is 0.381. The van der Waals surface area contributed by atoms with Gasteiger partial charge in [-0.15, -0.1) is 11.3 Å². The quantitative estimate of drug-likeness (QED) is 0.683. The minimum Gasteiger partial charge on any atom is -0.381 e. The Kier molecular flexibility index (Phi) is 5.20. The van der Waals surface area contributed by atoms with E-state index in [4.69, 9.17) is 4.74 Å². The van der Waals surface area contributed by atoms with E-state index in [0.717, 1.165) is 44.8 Å². The maximum Gasteiger partial charge on any atom is 0.0794 e. The molecule has 1 aliphatic heterocycles. The molecule has 0 radical (unpaired) electrons. The topological polar surface area (TPSA) is 49.9 Å². The molecule has 0 unspecified atom stereocenters. The average Bonchev–Trinajstić information content (AvgIpc) is 3.34. The Hall–Kier alpha value is -1.95. The number of H-pyrrole nitrogens is 1. The highest BCUT2D eigenvalue weighted by Crippen LogP contribution is 2.36. The number of ether oxygens (including phenoxy) is 1. The van der Waals surface area contributed by atoms with Gasteiger partial charge >= 0.3 is 0 Å². The fourth-order valence-electron chi connectivity index (χ4n) is 3.99. The van der Waals surface area contributed by atoms with E-state index in [1.54, 1.807) is 11.3 Å². The largest absolute Gasteiger partial charge is 0.381 e. The monoisotopic (exact) mass is 367 g/mol. The van der Waals surface area contributed by atoms with Gasteiger partial charge < -0.3 is 10.1 Å². The molecule has 26 heavy (non-hydrogen) atoms. The van der Waals surface area contributed by atoms with E-state index in [-0.39, 0.29) is 5.41 Å². The molecule has 4 nitrogen and oxygen atoms in total. The van der Waals surface area contributed by atoms with E-state index in [0.29, 0.717) is 0 Å². The number of hydrogen-bond donors (Lipinski definition) is 2. The Balaban J connectivity index is 1.50. The van der Waals surface area contributed by atoms with Crippen molar-refractivity contribution in [3.05, 3.63) is 64.7 Å². The lowest BCUT2D eigenvalue weighted by atomic mass is 9.72. The summed E-state index contributed by atoms with van der Waals surface area (Å²) in [6.45, 7) is 5.66. The van der Waals surface area contributed by atoms with Crippen LogP contribution in [0.3, 0.4) is 0 Å². The fourth-order valence-corrected chi connectivity index (χ4v) is 4.74. The van der Waals surface area contributed by atoms with Crippen molar-refractivity contribution in [2.24, 2.45) is 0 Å². The summed E-state index contributed by atoms with van der Waals surface area (Å²) in [6, 6.07) is 13.0. The van der Waals surface area contributed by atoms with Gasteiger partial charge in [-0.3, -0.25) is 5.10 Å². The standard InChI is InChI=1S/C21H25N3OS/c1-16-5-2-3-6-18(16)21(8-10-25-11-9-21)15-22-13-17-14-23-24-20(17)19-7-4-12-26-19/h2-7,12,14,22H,8-11,13,15H2,1H3,(H,23,24). The number of thiophene rings is 1. The van der Waals surface area contributed by atoms with Crippen molar-refractivity contribution in [2.45, 2.75) is 31.7 Å². The van der Waals surface area contributed by atoms with Gasteiger partial charge in [-0.25, -0.2) is 0 Å². The van der Waals surface area contributed by atoms with Gasteiger partial charge in [-0.2, -0.15) is 5.10 Å². The zero-order valence-corrected chi connectivity index (χ0v) is 15.9. The van der Waals surface area contributed by atoms with Gasteiger partial charge in [-0.05, 0) is 42.3 Å². The van der Waals surface area contributed by atoms with Crippen LogP contribution in [0.5, 0.6) is 0 Å². The zero-order valence-electron chi connectivity index (χ0n) is 15.1. The summed E-state index contributed by atoms with van der Waals surface area (Å²) in [7, 11) is 0. The molecule has 1 aliphatic rings. The minimum atomic E-state index is 0.149. The molecule has 0 aliphatic carbocycles. The van der Waals surface area contributed by atoms with Gasteiger partial charge in [0.2, 0.25) is 0 Å². The van der Waals surface area contributed by atoms with E-state index in [9.17, 15) is 0 Å². The number of aromatic nitrogens is 2. The molecule has 1 saturated heterocycles. The third kappa shape index (κ3) is 3.47. The number of aryl methyl sites for hydroxylation is 1. The number of benzene rings is 1. The second-order valence-electron chi connectivity index (χ2n) is 7.06. The number of nitrogens with one attached hydrogen (secondary N) is 2. The van der Waals surface area contributed by atoms with Crippen molar-refractivity contribution in [1.29, 1.82) is 0 Å². The molecule has 2 aromatic heterocycles. The van der Waals surface area contributed by atoms with Crippen molar-refractivity contribution in [2.75, 3.05) is 19.8 Å².